The van der Waals surface area contributed by atoms with E-state index >= 15 is 0 Å². The van der Waals surface area contributed by atoms with Crippen LogP contribution in [0.4, 0.5) is 28.0 Å². The third-order valence-corrected chi connectivity index (χ3v) is 3.69. The smallest absolute Gasteiger partial charge is 0.449 e. The van der Waals surface area contributed by atoms with Crippen LogP contribution < -0.4 is 10.5 Å². The Hall–Kier alpha value is -2.59. The van der Waals surface area contributed by atoms with Crippen molar-refractivity contribution in [3.8, 4) is 17.1 Å². The lowest BCUT2D eigenvalue weighted by molar-refractivity contribution is -0.0887. The molecule has 0 fully saturated rings. The lowest BCUT2D eigenvalue weighted by Gasteiger charge is -2.13. The summed E-state index contributed by atoms with van der Waals surface area (Å²) in [6, 6.07) is 2.75. The van der Waals surface area contributed by atoms with E-state index in [-0.39, 0.29) is 5.69 Å². The summed E-state index contributed by atoms with van der Waals surface area (Å²) in [5.74, 6) is -4.83. The van der Waals surface area contributed by atoms with Crippen LogP contribution in [0.5, 0.6) is 5.88 Å². The minimum Gasteiger partial charge on any atom is -0.449 e. The second-order valence-corrected chi connectivity index (χ2v) is 5.48. The fourth-order valence-corrected chi connectivity index (χ4v) is 2.28. The molecule has 0 saturated heterocycles. The summed E-state index contributed by atoms with van der Waals surface area (Å²) < 4.78 is 56.8. The molecule has 1 aromatic heterocycles. The van der Waals surface area contributed by atoms with Crippen molar-refractivity contribution in [2.24, 2.45) is 0 Å². The number of anilines is 1. The zero-order valence-corrected chi connectivity index (χ0v) is 13.7. The molecule has 0 amide bonds. The van der Waals surface area contributed by atoms with E-state index in [4.69, 9.17) is 34.0 Å². The first kappa shape index (κ1) is 19.7. The van der Waals surface area contributed by atoms with Gasteiger partial charge in [0.2, 0.25) is 5.88 Å². The number of aromatic nitrogens is 1. The van der Waals surface area contributed by atoms with Gasteiger partial charge in [0, 0.05) is 5.56 Å². The van der Waals surface area contributed by atoms with E-state index in [2.05, 4.69) is 9.72 Å². The average Bonchev–Trinajstić information content (AvgIpc) is 2.50. The van der Waals surface area contributed by atoms with E-state index in [1.165, 1.54) is 0 Å². The maximum Gasteiger partial charge on any atom is 0.512 e. The number of Topliss-reactive ketones (excluding diaryl/α,β-unsaturated/α-hetero) is 1. The molecule has 0 atom stereocenters. The number of carbonyl (C=O) groups is 2. The molecule has 2 rings (SSSR count). The number of halogens is 6. The minimum absolute atomic E-state index is 0.286. The van der Waals surface area contributed by atoms with E-state index in [9.17, 15) is 27.2 Å². The van der Waals surface area contributed by atoms with Crippen LogP contribution in [0.2, 0.25) is 10.0 Å². The number of rotatable bonds is 3. The summed E-state index contributed by atoms with van der Waals surface area (Å²) >= 11 is 11.2. The van der Waals surface area contributed by atoms with E-state index in [1.54, 1.807) is 0 Å². The van der Waals surface area contributed by atoms with Gasteiger partial charge < -0.3 is 15.6 Å². The first-order chi connectivity index (χ1) is 11.9. The lowest BCUT2D eigenvalue weighted by Crippen LogP contribution is -2.24. The Morgan fingerprint density at radius 2 is 1.85 bits per heavy atom. The number of nitrogens with zero attached hydrogens (tertiary/aromatic N) is 1. The second-order valence-electron chi connectivity index (χ2n) is 4.69. The first-order valence-corrected chi connectivity index (χ1v) is 7.15. The molecule has 138 valence electrons. The molecule has 2 aromatic rings. The van der Waals surface area contributed by atoms with Gasteiger partial charge in [0.05, 0.1) is 22.0 Å². The van der Waals surface area contributed by atoms with Crippen LogP contribution in [-0.4, -0.2) is 28.2 Å². The third kappa shape index (κ3) is 3.81. The maximum atomic E-state index is 14.6. The van der Waals surface area contributed by atoms with Crippen LogP contribution in [-0.2, 0) is 0 Å². The molecular formula is C14H6Cl2F4N2O4. The van der Waals surface area contributed by atoms with Gasteiger partial charge in [-0.3, -0.25) is 4.79 Å². The van der Waals surface area contributed by atoms with Crippen molar-refractivity contribution in [2.45, 2.75) is 6.18 Å². The highest BCUT2D eigenvalue weighted by atomic mass is 35.5. The fraction of sp³-hybridized carbons (Fsp3) is 0.0714. The normalized spacial score (nSPS) is 11.3. The number of carbonyl (C=O) groups excluding carboxylic acids is 1. The van der Waals surface area contributed by atoms with Gasteiger partial charge in [0.25, 0.3) is 5.78 Å². The van der Waals surface area contributed by atoms with Crippen LogP contribution >= 0.6 is 23.2 Å². The Balaban J connectivity index is 2.69. The van der Waals surface area contributed by atoms with Gasteiger partial charge >= 0.3 is 12.3 Å². The molecule has 0 aliphatic heterocycles. The van der Waals surface area contributed by atoms with Crippen molar-refractivity contribution in [2.75, 3.05) is 5.73 Å². The molecule has 12 heteroatoms. The fourth-order valence-electron chi connectivity index (χ4n) is 1.91. The second kappa shape index (κ2) is 6.96. The van der Waals surface area contributed by atoms with Crippen molar-refractivity contribution in [1.82, 2.24) is 4.98 Å². The minimum atomic E-state index is -5.37. The maximum absolute atomic E-state index is 14.6. The summed E-state index contributed by atoms with van der Waals surface area (Å²) in [6.45, 7) is 0. The Labute approximate surface area is 152 Å². The molecule has 0 aliphatic rings. The van der Waals surface area contributed by atoms with Gasteiger partial charge in [-0.15, -0.1) is 0 Å². The first-order valence-electron chi connectivity index (χ1n) is 6.40. The van der Waals surface area contributed by atoms with Gasteiger partial charge in [-0.2, -0.15) is 13.2 Å². The van der Waals surface area contributed by atoms with Crippen molar-refractivity contribution < 1.29 is 37.0 Å². The SMILES string of the molecule is Nc1cc(-c2ccc(Cl)c(C(=O)C(F)(F)F)c2F)nc(OC(=O)O)c1Cl. The molecule has 0 spiro atoms. The Kier molecular flexibility index (Phi) is 5.28. The van der Waals surface area contributed by atoms with Crippen LogP contribution in [0.1, 0.15) is 10.4 Å². The van der Waals surface area contributed by atoms with Gasteiger partial charge in [-0.1, -0.05) is 23.2 Å². The van der Waals surface area contributed by atoms with Crippen molar-refractivity contribution in [3.05, 3.63) is 39.6 Å². The Morgan fingerprint density at radius 3 is 2.38 bits per heavy atom. The molecule has 26 heavy (non-hydrogen) atoms. The summed E-state index contributed by atoms with van der Waals surface area (Å²) in [7, 11) is 0. The number of pyridine rings is 1. The van der Waals surface area contributed by atoms with E-state index in [0.29, 0.717) is 0 Å². The van der Waals surface area contributed by atoms with Gasteiger partial charge in [0.1, 0.15) is 10.8 Å². The number of nitrogen functional groups attached to an aromatic ring is 1. The number of hydrogen-bond donors (Lipinski definition) is 2. The molecule has 0 radical (unpaired) electrons. The highest BCUT2D eigenvalue weighted by molar-refractivity contribution is 6.35. The number of ketones is 1. The predicted molar refractivity (Wildman–Crippen MR) is 83.1 cm³/mol. The summed E-state index contributed by atoms with van der Waals surface area (Å²) in [4.78, 5) is 25.6. The number of carboxylic acid groups (broad SMARTS) is 1. The zero-order chi connectivity index (χ0) is 19.8. The van der Waals surface area contributed by atoms with E-state index in [1.807, 2.05) is 0 Å². The van der Waals surface area contributed by atoms with Crippen molar-refractivity contribution in [1.29, 1.82) is 0 Å². The number of nitrogens with two attached hydrogens (primary N) is 1. The molecule has 6 nitrogen and oxygen atoms in total. The molecule has 0 saturated carbocycles. The van der Waals surface area contributed by atoms with Crippen molar-refractivity contribution in [3.63, 3.8) is 0 Å². The monoisotopic (exact) mass is 412 g/mol. The van der Waals surface area contributed by atoms with Gasteiger partial charge in [0.15, 0.2) is 0 Å². The van der Waals surface area contributed by atoms with E-state index < -0.39 is 56.7 Å². The summed E-state index contributed by atoms with van der Waals surface area (Å²) in [5, 5.41) is 7.45. The molecule has 0 aliphatic carbocycles. The largest absolute Gasteiger partial charge is 0.512 e. The molecule has 0 unspecified atom stereocenters. The number of alkyl halides is 3. The zero-order valence-electron chi connectivity index (χ0n) is 12.2. The lowest BCUT2D eigenvalue weighted by atomic mass is 10.0. The van der Waals surface area contributed by atoms with Gasteiger partial charge in [-0.25, -0.2) is 14.2 Å². The molecule has 0 bridgehead atoms. The number of benzene rings is 1. The van der Waals surface area contributed by atoms with Crippen molar-refractivity contribution >= 4 is 40.8 Å². The molecule has 3 N–H and O–H groups in total. The third-order valence-electron chi connectivity index (χ3n) is 2.99. The average molecular weight is 413 g/mol. The number of hydrogen-bond acceptors (Lipinski definition) is 5. The highest BCUT2D eigenvalue weighted by Crippen LogP contribution is 2.37. The Bertz CT molecular complexity index is 919. The quantitative estimate of drug-likeness (QED) is 0.434. The van der Waals surface area contributed by atoms with Crippen LogP contribution in [0.15, 0.2) is 18.2 Å². The standard InChI is InChI=1S/C14H6Cl2F4N2O4/c15-5-2-1-4(10(17)8(5)11(23)14(18,19)20)7-3-6(21)9(16)12(22-7)26-13(24)25/h1-3H,(H2,21,22)(H,24,25). The van der Waals surface area contributed by atoms with Crippen LogP contribution in [0.25, 0.3) is 11.3 Å². The predicted octanol–water partition coefficient (Wildman–Crippen LogP) is 4.58. The summed E-state index contributed by atoms with van der Waals surface area (Å²) in [6.07, 6.45) is -7.17. The van der Waals surface area contributed by atoms with Crippen LogP contribution in [0.3, 0.4) is 0 Å². The number of ether oxygens (including phenoxy) is 1. The molecular weight excluding hydrogens is 407 g/mol. The highest BCUT2D eigenvalue weighted by Gasteiger charge is 2.42. The molecule has 1 aromatic carbocycles. The topological polar surface area (TPSA) is 103 Å². The van der Waals surface area contributed by atoms with E-state index in [0.717, 1.165) is 18.2 Å². The van der Waals surface area contributed by atoms with Gasteiger partial charge in [-0.05, 0) is 18.2 Å². The molecule has 1 heterocycles. The van der Waals surface area contributed by atoms with Crippen LogP contribution in [0, 0.1) is 5.82 Å². The Morgan fingerprint density at radius 1 is 1.23 bits per heavy atom. The summed E-state index contributed by atoms with van der Waals surface area (Å²) in [5.41, 5.74) is 2.83.